The topological polar surface area (TPSA) is 0 Å². The molecule has 0 spiro atoms. The van der Waals surface area contributed by atoms with E-state index in [1.54, 1.807) is 12.1 Å². The van der Waals surface area contributed by atoms with E-state index in [1.165, 1.54) is 12.1 Å². The van der Waals surface area contributed by atoms with Crippen LogP contribution in [0, 0.1) is 9.39 Å². The standard InChI is InChI=1S/C14H11ClFI/c15-13(12-3-1-2-4-14(12)17)9-10-5-7-11(16)8-6-10/h1-8,13H,9H2. The summed E-state index contributed by atoms with van der Waals surface area (Å²) in [5, 5.41) is -0.0754. The summed E-state index contributed by atoms with van der Waals surface area (Å²) in [6, 6.07) is 14.5. The Morgan fingerprint density at radius 3 is 2.35 bits per heavy atom. The highest BCUT2D eigenvalue weighted by Gasteiger charge is 2.11. The van der Waals surface area contributed by atoms with Gasteiger partial charge in [0.1, 0.15) is 5.82 Å². The number of alkyl halides is 1. The summed E-state index contributed by atoms with van der Waals surface area (Å²) in [5.41, 5.74) is 2.17. The van der Waals surface area contributed by atoms with Gasteiger partial charge in [-0.3, -0.25) is 0 Å². The first kappa shape index (κ1) is 12.8. The molecule has 0 saturated heterocycles. The minimum Gasteiger partial charge on any atom is -0.207 e. The molecule has 2 aromatic rings. The van der Waals surface area contributed by atoms with Crippen LogP contribution in [0.2, 0.25) is 0 Å². The van der Waals surface area contributed by atoms with E-state index in [4.69, 9.17) is 11.6 Å². The zero-order valence-corrected chi connectivity index (χ0v) is 12.0. The molecule has 0 aromatic heterocycles. The lowest BCUT2D eigenvalue weighted by Gasteiger charge is -2.11. The van der Waals surface area contributed by atoms with Crippen molar-refractivity contribution < 1.29 is 4.39 Å². The Morgan fingerprint density at radius 2 is 1.71 bits per heavy atom. The van der Waals surface area contributed by atoms with Crippen molar-refractivity contribution >= 4 is 34.2 Å². The lowest BCUT2D eigenvalue weighted by atomic mass is 10.0. The van der Waals surface area contributed by atoms with Gasteiger partial charge >= 0.3 is 0 Å². The highest BCUT2D eigenvalue weighted by Crippen LogP contribution is 2.28. The minimum atomic E-state index is -0.214. The van der Waals surface area contributed by atoms with Gasteiger partial charge in [-0.1, -0.05) is 30.3 Å². The Hall–Kier alpha value is -0.610. The van der Waals surface area contributed by atoms with E-state index in [0.717, 1.165) is 14.7 Å². The first-order valence-corrected chi connectivity index (χ1v) is 6.81. The lowest BCUT2D eigenvalue weighted by Crippen LogP contribution is -1.98. The van der Waals surface area contributed by atoms with Gasteiger partial charge in [-0.15, -0.1) is 11.6 Å². The lowest BCUT2D eigenvalue weighted by molar-refractivity contribution is 0.627. The zero-order chi connectivity index (χ0) is 12.3. The summed E-state index contributed by atoms with van der Waals surface area (Å²) in [6.07, 6.45) is 0.710. The van der Waals surface area contributed by atoms with E-state index in [1.807, 2.05) is 24.3 Å². The van der Waals surface area contributed by atoms with Gasteiger partial charge in [0.25, 0.3) is 0 Å². The quantitative estimate of drug-likeness (QED) is 0.536. The first-order chi connectivity index (χ1) is 8.16. The van der Waals surface area contributed by atoms with Crippen LogP contribution < -0.4 is 0 Å². The van der Waals surface area contributed by atoms with E-state index in [2.05, 4.69) is 22.6 Å². The van der Waals surface area contributed by atoms with E-state index in [-0.39, 0.29) is 11.2 Å². The van der Waals surface area contributed by atoms with Crippen molar-refractivity contribution in [1.29, 1.82) is 0 Å². The highest BCUT2D eigenvalue weighted by atomic mass is 127. The van der Waals surface area contributed by atoms with E-state index >= 15 is 0 Å². The number of halogens is 3. The molecule has 0 aliphatic rings. The fourth-order valence-corrected chi connectivity index (χ4v) is 2.98. The van der Waals surface area contributed by atoms with Crippen LogP contribution >= 0.6 is 34.2 Å². The van der Waals surface area contributed by atoms with Crippen LogP contribution in [0.25, 0.3) is 0 Å². The van der Waals surface area contributed by atoms with Crippen LogP contribution in [0.5, 0.6) is 0 Å². The molecule has 1 atom stereocenters. The van der Waals surface area contributed by atoms with Gasteiger partial charge in [-0.05, 0) is 58.3 Å². The molecule has 0 radical (unpaired) electrons. The Morgan fingerprint density at radius 1 is 1.06 bits per heavy atom. The first-order valence-electron chi connectivity index (χ1n) is 5.30. The molecule has 88 valence electrons. The average molecular weight is 361 g/mol. The second-order valence-electron chi connectivity index (χ2n) is 3.82. The molecule has 2 rings (SSSR count). The molecule has 0 aliphatic carbocycles. The van der Waals surface area contributed by atoms with Gasteiger partial charge in [0.05, 0.1) is 5.38 Å². The number of rotatable bonds is 3. The van der Waals surface area contributed by atoms with Crippen LogP contribution in [-0.4, -0.2) is 0 Å². The molecule has 2 aromatic carbocycles. The van der Waals surface area contributed by atoms with Crippen molar-refractivity contribution in [3.8, 4) is 0 Å². The Kier molecular flexibility index (Phi) is 4.40. The van der Waals surface area contributed by atoms with Gasteiger partial charge in [-0.2, -0.15) is 0 Å². The maximum absolute atomic E-state index is 12.8. The number of benzene rings is 2. The molecule has 0 amide bonds. The molecule has 0 N–H and O–H groups in total. The highest BCUT2D eigenvalue weighted by molar-refractivity contribution is 14.1. The minimum absolute atomic E-state index is 0.0754. The summed E-state index contributed by atoms with van der Waals surface area (Å²) in [7, 11) is 0. The van der Waals surface area contributed by atoms with Crippen LogP contribution in [0.3, 0.4) is 0 Å². The molecular weight excluding hydrogens is 350 g/mol. The molecule has 0 heterocycles. The van der Waals surface area contributed by atoms with Gasteiger partial charge in [0, 0.05) is 3.57 Å². The summed E-state index contributed by atoms with van der Waals surface area (Å²) < 4.78 is 13.9. The van der Waals surface area contributed by atoms with Gasteiger partial charge in [0.2, 0.25) is 0 Å². The van der Waals surface area contributed by atoms with Gasteiger partial charge in [0.15, 0.2) is 0 Å². The van der Waals surface area contributed by atoms with E-state index in [9.17, 15) is 4.39 Å². The Bertz CT molecular complexity index is 496. The molecule has 0 saturated carbocycles. The maximum Gasteiger partial charge on any atom is 0.123 e. The molecule has 0 nitrogen and oxygen atoms in total. The van der Waals surface area contributed by atoms with Crippen LogP contribution in [-0.2, 0) is 6.42 Å². The molecule has 1 unspecified atom stereocenters. The smallest absolute Gasteiger partial charge is 0.123 e. The Labute approximate surface area is 119 Å². The van der Waals surface area contributed by atoms with E-state index in [0.29, 0.717) is 6.42 Å². The molecular formula is C14H11ClFI. The fourth-order valence-electron chi connectivity index (χ4n) is 1.67. The summed E-state index contributed by atoms with van der Waals surface area (Å²) in [6.45, 7) is 0. The predicted octanol–water partition coefficient (Wildman–Crippen LogP) is 4.95. The molecule has 0 aliphatic heterocycles. The molecule has 3 heteroatoms. The van der Waals surface area contributed by atoms with Crippen molar-refractivity contribution in [2.75, 3.05) is 0 Å². The van der Waals surface area contributed by atoms with E-state index < -0.39 is 0 Å². The van der Waals surface area contributed by atoms with Crippen molar-refractivity contribution in [2.24, 2.45) is 0 Å². The second-order valence-corrected chi connectivity index (χ2v) is 5.51. The van der Waals surface area contributed by atoms with Crippen LogP contribution in [0.4, 0.5) is 4.39 Å². The van der Waals surface area contributed by atoms with Crippen molar-refractivity contribution in [1.82, 2.24) is 0 Å². The average Bonchev–Trinajstić information content (AvgIpc) is 2.32. The summed E-state index contributed by atoms with van der Waals surface area (Å²) >= 11 is 8.67. The van der Waals surface area contributed by atoms with Crippen LogP contribution in [0.15, 0.2) is 48.5 Å². The predicted molar refractivity (Wildman–Crippen MR) is 77.9 cm³/mol. The largest absolute Gasteiger partial charge is 0.207 e. The van der Waals surface area contributed by atoms with Crippen LogP contribution in [0.1, 0.15) is 16.5 Å². The van der Waals surface area contributed by atoms with Crippen molar-refractivity contribution in [3.63, 3.8) is 0 Å². The zero-order valence-electron chi connectivity index (χ0n) is 9.04. The second kappa shape index (κ2) is 5.83. The summed E-state index contributed by atoms with van der Waals surface area (Å²) in [4.78, 5) is 0. The normalized spacial score (nSPS) is 12.4. The maximum atomic E-state index is 12.8. The molecule has 17 heavy (non-hydrogen) atoms. The third-order valence-electron chi connectivity index (χ3n) is 2.57. The van der Waals surface area contributed by atoms with Gasteiger partial charge < -0.3 is 0 Å². The van der Waals surface area contributed by atoms with Crippen molar-refractivity contribution in [2.45, 2.75) is 11.8 Å². The van der Waals surface area contributed by atoms with Crippen molar-refractivity contribution in [3.05, 3.63) is 69.0 Å². The fraction of sp³-hybridized carbons (Fsp3) is 0.143. The van der Waals surface area contributed by atoms with Gasteiger partial charge in [-0.25, -0.2) is 4.39 Å². The Balaban J connectivity index is 2.14. The monoisotopic (exact) mass is 360 g/mol. The third-order valence-corrected chi connectivity index (χ3v) is 3.94. The summed E-state index contributed by atoms with van der Waals surface area (Å²) in [5.74, 6) is -0.214. The third kappa shape index (κ3) is 3.42. The SMILES string of the molecule is Fc1ccc(CC(Cl)c2ccccc2I)cc1. The molecule has 0 fully saturated rings. The molecule has 0 bridgehead atoms. The number of hydrogen-bond donors (Lipinski definition) is 0. The number of hydrogen-bond acceptors (Lipinski definition) is 0.